The standard InChI is InChI=1S/C13H20N4O2/c1-10-14-11(16(2)9-13(18)19-3)8-12(15-10)17-6-4-5-7-17/h8H,4-7,9H2,1-3H3. The average molecular weight is 264 g/mol. The Kier molecular flexibility index (Phi) is 4.19. The molecule has 1 aliphatic rings. The third-order valence-electron chi connectivity index (χ3n) is 3.23. The molecule has 0 aromatic carbocycles. The number of esters is 1. The summed E-state index contributed by atoms with van der Waals surface area (Å²) in [5.41, 5.74) is 0. The van der Waals surface area contributed by atoms with E-state index in [1.54, 1.807) is 4.90 Å². The summed E-state index contributed by atoms with van der Waals surface area (Å²) in [7, 11) is 3.21. The number of likely N-dealkylation sites (N-methyl/N-ethyl adjacent to an activating group) is 1. The average Bonchev–Trinajstić information content (AvgIpc) is 2.91. The molecular weight excluding hydrogens is 244 g/mol. The fraction of sp³-hybridized carbons (Fsp3) is 0.615. The topological polar surface area (TPSA) is 58.6 Å². The second-order valence-electron chi connectivity index (χ2n) is 4.76. The molecular formula is C13H20N4O2. The number of carbonyl (C=O) groups excluding carboxylic acids is 1. The van der Waals surface area contributed by atoms with Crippen LogP contribution >= 0.6 is 0 Å². The maximum absolute atomic E-state index is 11.3. The summed E-state index contributed by atoms with van der Waals surface area (Å²) in [6.07, 6.45) is 2.41. The van der Waals surface area contributed by atoms with E-state index in [0.29, 0.717) is 0 Å². The van der Waals surface area contributed by atoms with Crippen molar-refractivity contribution < 1.29 is 9.53 Å². The minimum atomic E-state index is -0.276. The van der Waals surface area contributed by atoms with Gasteiger partial charge in [0.1, 0.15) is 24.0 Å². The lowest BCUT2D eigenvalue weighted by molar-refractivity contribution is -0.138. The van der Waals surface area contributed by atoms with Gasteiger partial charge in [0, 0.05) is 26.2 Å². The molecule has 0 saturated carbocycles. The summed E-state index contributed by atoms with van der Waals surface area (Å²) in [6.45, 7) is 4.13. The Labute approximate surface area is 113 Å². The molecule has 0 amide bonds. The van der Waals surface area contributed by atoms with Gasteiger partial charge >= 0.3 is 5.97 Å². The quantitative estimate of drug-likeness (QED) is 0.756. The van der Waals surface area contributed by atoms with Crippen molar-refractivity contribution in [2.45, 2.75) is 19.8 Å². The summed E-state index contributed by atoms with van der Waals surface area (Å²) < 4.78 is 4.67. The zero-order chi connectivity index (χ0) is 13.8. The highest BCUT2D eigenvalue weighted by Gasteiger charge is 2.17. The number of nitrogens with zero attached hydrogens (tertiary/aromatic N) is 4. The van der Waals surface area contributed by atoms with Gasteiger partial charge in [-0.2, -0.15) is 0 Å². The first-order chi connectivity index (χ1) is 9.10. The van der Waals surface area contributed by atoms with Crippen molar-refractivity contribution in [3.63, 3.8) is 0 Å². The SMILES string of the molecule is COC(=O)CN(C)c1cc(N2CCCC2)nc(C)n1. The maximum Gasteiger partial charge on any atom is 0.325 e. The molecule has 1 saturated heterocycles. The van der Waals surface area contributed by atoms with Gasteiger partial charge in [-0.05, 0) is 19.8 Å². The number of aryl methyl sites for hydroxylation is 1. The van der Waals surface area contributed by atoms with Crippen LogP contribution in [0.5, 0.6) is 0 Å². The first-order valence-electron chi connectivity index (χ1n) is 6.48. The second-order valence-corrected chi connectivity index (χ2v) is 4.76. The molecule has 6 nitrogen and oxygen atoms in total. The summed E-state index contributed by atoms with van der Waals surface area (Å²) in [6, 6.07) is 1.93. The lowest BCUT2D eigenvalue weighted by Gasteiger charge is -2.21. The summed E-state index contributed by atoms with van der Waals surface area (Å²) >= 11 is 0. The Balaban J connectivity index is 2.18. The minimum Gasteiger partial charge on any atom is -0.468 e. The number of hydrogen-bond donors (Lipinski definition) is 0. The van der Waals surface area contributed by atoms with Crippen LogP contribution in [-0.2, 0) is 9.53 Å². The van der Waals surface area contributed by atoms with Gasteiger partial charge in [0.2, 0.25) is 0 Å². The van der Waals surface area contributed by atoms with Crippen LogP contribution in [0, 0.1) is 6.92 Å². The number of carbonyl (C=O) groups is 1. The third kappa shape index (κ3) is 3.33. The molecule has 1 fully saturated rings. The first kappa shape index (κ1) is 13.6. The van der Waals surface area contributed by atoms with Gasteiger partial charge in [-0.25, -0.2) is 9.97 Å². The monoisotopic (exact) mass is 264 g/mol. The lowest BCUT2D eigenvalue weighted by Crippen LogP contribution is -2.28. The van der Waals surface area contributed by atoms with Crippen LogP contribution in [-0.4, -0.2) is 49.7 Å². The van der Waals surface area contributed by atoms with Gasteiger partial charge in [-0.3, -0.25) is 4.79 Å². The molecule has 19 heavy (non-hydrogen) atoms. The van der Waals surface area contributed by atoms with Gasteiger partial charge in [-0.1, -0.05) is 0 Å². The van der Waals surface area contributed by atoms with Crippen molar-refractivity contribution in [3.05, 3.63) is 11.9 Å². The summed E-state index contributed by atoms with van der Waals surface area (Å²) in [4.78, 5) is 24.2. The van der Waals surface area contributed by atoms with E-state index >= 15 is 0 Å². The molecule has 0 aliphatic carbocycles. The minimum absolute atomic E-state index is 0.187. The van der Waals surface area contributed by atoms with Crippen LogP contribution in [0.4, 0.5) is 11.6 Å². The predicted octanol–water partition coefficient (Wildman–Crippen LogP) is 0.994. The van der Waals surface area contributed by atoms with Crippen molar-refractivity contribution in [1.82, 2.24) is 9.97 Å². The molecule has 0 unspecified atom stereocenters. The van der Waals surface area contributed by atoms with E-state index in [-0.39, 0.29) is 12.5 Å². The Morgan fingerprint density at radius 1 is 1.42 bits per heavy atom. The third-order valence-corrected chi connectivity index (χ3v) is 3.23. The highest BCUT2D eigenvalue weighted by molar-refractivity contribution is 5.75. The number of rotatable bonds is 4. The number of aromatic nitrogens is 2. The van der Waals surface area contributed by atoms with E-state index < -0.39 is 0 Å². The molecule has 0 spiro atoms. The second kappa shape index (κ2) is 5.86. The largest absolute Gasteiger partial charge is 0.468 e. The fourth-order valence-electron chi connectivity index (χ4n) is 2.18. The van der Waals surface area contributed by atoms with Crippen molar-refractivity contribution >= 4 is 17.6 Å². The van der Waals surface area contributed by atoms with Gasteiger partial charge in [0.05, 0.1) is 7.11 Å². The molecule has 1 aromatic heterocycles. The first-order valence-corrected chi connectivity index (χ1v) is 6.48. The zero-order valence-electron chi connectivity index (χ0n) is 11.7. The van der Waals surface area contributed by atoms with E-state index in [2.05, 4.69) is 19.6 Å². The van der Waals surface area contributed by atoms with Crippen molar-refractivity contribution in [2.75, 3.05) is 43.6 Å². The molecule has 0 bridgehead atoms. The van der Waals surface area contributed by atoms with Gasteiger partial charge in [0.25, 0.3) is 0 Å². The van der Waals surface area contributed by atoms with E-state index in [0.717, 1.165) is 30.5 Å². The molecule has 104 valence electrons. The van der Waals surface area contributed by atoms with Crippen molar-refractivity contribution in [2.24, 2.45) is 0 Å². The van der Waals surface area contributed by atoms with Crippen LogP contribution in [0.15, 0.2) is 6.07 Å². The van der Waals surface area contributed by atoms with Gasteiger partial charge in [0.15, 0.2) is 0 Å². The van der Waals surface area contributed by atoms with E-state index in [1.807, 2.05) is 20.0 Å². The molecule has 0 atom stereocenters. The Morgan fingerprint density at radius 2 is 2.11 bits per heavy atom. The molecule has 0 radical (unpaired) electrons. The Morgan fingerprint density at radius 3 is 2.74 bits per heavy atom. The number of methoxy groups -OCH3 is 1. The van der Waals surface area contributed by atoms with Gasteiger partial charge in [-0.15, -0.1) is 0 Å². The van der Waals surface area contributed by atoms with Crippen LogP contribution in [0.2, 0.25) is 0 Å². The summed E-state index contributed by atoms with van der Waals surface area (Å²) in [5, 5.41) is 0. The molecule has 1 aliphatic heterocycles. The molecule has 2 rings (SSSR count). The maximum atomic E-state index is 11.3. The molecule has 1 aromatic rings. The Hall–Kier alpha value is -1.85. The normalized spacial score (nSPS) is 14.6. The number of ether oxygens (including phenoxy) is 1. The van der Waals surface area contributed by atoms with Crippen LogP contribution in [0.25, 0.3) is 0 Å². The van der Waals surface area contributed by atoms with E-state index in [4.69, 9.17) is 0 Å². The summed E-state index contributed by atoms with van der Waals surface area (Å²) in [5.74, 6) is 2.13. The highest BCUT2D eigenvalue weighted by atomic mass is 16.5. The van der Waals surface area contributed by atoms with Crippen molar-refractivity contribution in [1.29, 1.82) is 0 Å². The highest BCUT2D eigenvalue weighted by Crippen LogP contribution is 2.21. The fourth-order valence-corrected chi connectivity index (χ4v) is 2.18. The molecule has 0 N–H and O–H groups in total. The number of hydrogen-bond acceptors (Lipinski definition) is 6. The van der Waals surface area contributed by atoms with Crippen molar-refractivity contribution in [3.8, 4) is 0 Å². The number of anilines is 2. The van der Waals surface area contributed by atoms with E-state index in [1.165, 1.54) is 20.0 Å². The smallest absolute Gasteiger partial charge is 0.325 e. The van der Waals surface area contributed by atoms with Crippen LogP contribution in [0.1, 0.15) is 18.7 Å². The Bertz CT molecular complexity index is 458. The van der Waals surface area contributed by atoms with E-state index in [9.17, 15) is 4.79 Å². The lowest BCUT2D eigenvalue weighted by atomic mass is 10.4. The van der Waals surface area contributed by atoms with Crippen LogP contribution < -0.4 is 9.80 Å². The van der Waals surface area contributed by atoms with Gasteiger partial charge < -0.3 is 14.5 Å². The zero-order valence-corrected chi connectivity index (χ0v) is 11.7. The molecule has 6 heteroatoms. The molecule has 2 heterocycles. The predicted molar refractivity (Wildman–Crippen MR) is 73.5 cm³/mol. The van der Waals surface area contributed by atoms with Crippen LogP contribution in [0.3, 0.4) is 0 Å².